The minimum absolute atomic E-state index is 0.398. The van der Waals surface area contributed by atoms with Crippen LogP contribution in [-0.2, 0) is 10.4 Å². The fraction of sp³-hybridized carbons (Fsp3) is 0.150. The van der Waals surface area contributed by atoms with Gasteiger partial charge in [-0.2, -0.15) is 0 Å². The van der Waals surface area contributed by atoms with E-state index < -0.39 is 5.60 Å². The van der Waals surface area contributed by atoms with Crippen LogP contribution in [-0.4, -0.2) is 5.71 Å². The number of fused-ring (bicyclic) bond motifs is 1. The number of oxime groups is 1. The van der Waals surface area contributed by atoms with Crippen molar-refractivity contribution in [1.29, 1.82) is 0 Å². The predicted molar refractivity (Wildman–Crippen MR) is 97.7 cm³/mol. The Kier molecular flexibility index (Phi) is 3.46. The van der Waals surface area contributed by atoms with Crippen LogP contribution in [0.3, 0.4) is 0 Å². The second kappa shape index (κ2) is 5.50. The third kappa shape index (κ3) is 2.45. The molecule has 0 N–H and O–H groups in total. The van der Waals surface area contributed by atoms with Gasteiger partial charge in [0.2, 0.25) is 0 Å². The molecule has 0 bridgehead atoms. The maximum absolute atomic E-state index is 5.85. The van der Waals surface area contributed by atoms with Crippen molar-refractivity contribution in [2.45, 2.75) is 18.9 Å². The van der Waals surface area contributed by atoms with Gasteiger partial charge in [0.1, 0.15) is 0 Å². The quantitative estimate of drug-likeness (QED) is 0.575. The summed E-state index contributed by atoms with van der Waals surface area (Å²) in [4.78, 5) is 5.85. The van der Waals surface area contributed by atoms with Crippen LogP contribution >= 0.6 is 15.9 Å². The minimum atomic E-state index is -0.398. The van der Waals surface area contributed by atoms with E-state index in [4.69, 9.17) is 4.84 Å². The van der Waals surface area contributed by atoms with E-state index in [1.165, 1.54) is 10.8 Å². The van der Waals surface area contributed by atoms with Crippen molar-refractivity contribution < 1.29 is 4.84 Å². The second-order valence-electron chi connectivity index (χ2n) is 6.04. The zero-order valence-corrected chi connectivity index (χ0v) is 14.4. The van der Waals surface area contributed by atoms with Crippen LogP contribution < -0.4 is 0 Å². The first-order valence-corrected chi connectivity index (χ1v) is 8.45. The molecule has 0 aromatic heterocycles. The van der Waals surface area contributed by atoms with Gasteiger partial charge in [0.15, 0.2) is 5.60 Å². The van der Waals surface area contributed by atoms with Crippen LogP contribution in [0.5, 0.6) is 0 Å². The van der Waals surface area contributed by atoms with Gasteiger partial charge in [-0.05, 0) is 29.3 Å². The number of hydrogen-bond acceptors (Lipinski definition) is 2. The second-order valence-corrected chi connectivity index (χ2v) is 6.90. The summed E-state index contributed by atoms with van der Waals surface area (Å²) in [6, 6.07) is 22.9. The fourth-order valence-corrected chi connectivity index (χ4v) is 3.62. The molecule has 2 nitrogen and oxygen atoms in total. The molecule has 0 spiro atoms. The summed E-state index contributed by atoms with van der Waals surface area (Å²) in [5, 5.41) is 6.81. The van der Waals surface area contributed by atoms with Gasteiger partial charge in [-0.25, -0.2) is 0 Å². The van der Waals surface area contributed by atoms with Crippen molar-refractivity contribution in [2.24, 2.45) is 5.16 Å². The number of hydrogen-bond donors (Lipinski definition) is 0. The summed E-state index contributed by atoms with van der Waals surface area (Å²) < 4.78 is 1.10. The molecule has 1 aliphatic heterocycles. The van der Waals surface area contributed by atoms with Crippen molar-refractivity contribution in [3.8, 4) is 0 Å². The van der Waals surface area contributed by atoms with Gasteiger partial charge in [-0.3, -0.25) is 0 Å². The lowest BCUT2D eigenvalue weighted by atomic mass is 9.88. The first-order chi connectivity index (χ1) is 11.2. The highest BCUT2D eigenvalue weighted by molar-refractivity contribution is 9.10. The van der Waals surface area contributed by atoms with E-state index in [-0.39, 0.29) is 0 Å². The first kappa shape index (κ1) is 14.5. The highest BCUT2D eigenvalue weighted by Gasteiger charge is 2.36. The molecule has 23 heavy (non-hydrogen) atoms. The third-order valence-corrected chi connectivity index (χ3v) is 5.12. The lowest BCUT2D eigenvalue weighted by Gasteiger charge is -2.21. The SMILES string of the molecule is CC1(c2ccccc2)CC(c2ccc(Br)c3ccccc23)=NO1. The normalized spacial score (nSPS) is 20.3. The molecule has 1 unspecified atom stereocenters. The Morgan fingerprint density at radius 3 is 2.39 bits per heavy atom. The van der Waals surface area contributed by atoms with Crippen molar-refractivity contribution >= 4 is 32.4 Å². The monoisotopic (exact) mass is 365 g/mol. The van der Waals surface area contributed by atoms with E-state index in [9.17, 15) is 0 Å². The molecular formula is C20H16BrNO. The Labute approximate surface area is 143 Å². The average molecular weight is 366 g/mol. The molecule has 0 amide bonds. The Morgan fingerprint density at radius 1 is 0.913 bits per heavy atom. The van der Waals surface area contributed by atoms with Crippen LogP contribution in [0.2, 0.25) is 0 Å². The van der Waals surface area contributed by atoms with Crippen molar-refractivity contribution in [3.05, 3.63) is 82.3 Å². The smallest absolute Gasteiger partial charge is 0.165 e. The summed E-state index contributed by atoms with van der Waals surface area (Å²) in [7, 11) is 0. The van der Waals surface area contributed by atoms with E-state index in [0.717, 1.165) is 27.7 Å². The van der Waals surface area contributed by atoms with E-state index in [2.05, 4.69) is 76.5 Å². The lowest BCUT2D eigenvalue weighted by Crippen LogP contribution is -2.21. The molecule has 3 aromatic rings. The zero-order chi connectivity index (χ0) is 15.9. The molecule has 0 radical (unpaired) electrons. The number of benzene rings is 3. The summed E-state index contributed by atoms with van der Waals surface area (Å²) in [6.07, 6.45) is 0.767. The van der Waals surface area contributed by atoms with E-state index in [0.29, 0.717) is 0 Å². The largest absolute Gasteiger partial charge is 0.384 e. The highest BCUT2D eigenvalue weighted by Crippen LogP contribution is 2.38. The molecule has 3 heteroatoms. The molecule has 0 saturated carbocycles. The molecule has 4 rings (SSSR count). The van der Waals surface area contributed by atoms with Gasteiger partial charge < -0.3 is 4.84 Å². The third-order valence-electron chi connectivity index (χ3n) is 4.43. The van der Waals surface area contributed by atoms with Gasteiger partial charge in [-0.15, -0.1) is 0 Å². The minimum Gasteiger partial charge on any atom is -0.384 e. The topological polar surface area (TPSA) is 21.6 Å². The first-order valence-electron chi connectivity index (χ1n) is 7.66. The molecule has 1 aliphatic rings. The molecule has 1 atom stereocenters. The van der Waals surface area contributed by atoms with Crippen LogP contribution in [0.1, 0.15) is 24.5 Å². The maximum Gasteiger partial charge on any atom is 0.165 e. The van der Waals surface area contributed by atoms with E-state index >= 15 is 0 Å². The van der Waals surface area contributed by atoms with Crippen molar-refractivity contribution in [1.82, 2.24) is 0 Å². The number of nitrogens with zero attached hydrogens (tertiary/aromatic N) is 1. The molecule has 114 valence electrons. The van der Waals surface area contributed by atoms with Crippen LogP contribution in [0.25, 0.3) is 10.8 Å². The Morgan fingerprint density at radius 2 is 1.61 bits per heavy atom. The molecular weight excluding hydrogens is 350 g/mol. The Balaban J connectivity index is 1.75. The summed E-state index contributed by atoms with van der Waals surface area (Å²) in [6.45, 7) is 2.10. The Hall–Kier alpha value is -2.13. The van der Waals surface area contributed by atoms with Crippen molar-refractivity contribution in [2.75, 3.05) is 0 Å². The predicted octanol–water partition coefficient (Wildman–Crippen LogP) is 5.64. The molecule has 3 aromatic carbocycles. The Bertz CT molecular complexity index is 904. The molecule has 1 heterocycles. The van der Waals surface area contributed by atoms with Crippen LogP contribution in [0, 0.1) is 0 Å². The summed E-state index contributed by atoms with van der Waals surface area (Å²) in [5.41, 5.74) is 2.90. The summed E-state index contributed by atoms with van der Waals surface area (Å²) in [5.74, 6) is 0. The molecule has 0 saturated heterocycles. The van der Waals surface area contributed by atoms with Gasteiger partial charge >= 0.3 is 0 Å². The van der Waals surface area contributed by atoms with E-state index in [1.54, 1.807) is 0 Å². The van der Waals surface area contributed by atoms with Gasteiger partial charge in [-0.1, -0.05) is 81.7 Å². The van der Waals surface area contributed by atoms with Crippen LogP contribution in [0.15, 0.2) is 76.4 Å². The average Bonchev–Trinajstić information content (AvgIpc) is 3.00. The lowest BCUT2D eigenvalue weighted by molar-refractivity contribution is -0.00738. The van der Waals surface area contributed by atoms with Crippen molar-refractivity contribution in [3.63, 3.8) is 0 Å². The number of rotatable bonds is 2. The van der Waals surface area contributed by atoms with Gasteiger partial charge in [0, 0.05) is 16.5 Å². The standard InChI is InChI=1S/C20H16BrNO/c1-20(14-7-3-2-4-8-14)13-19(22-23-20)17-11-12-18(21)16-10-6-5-9-15(16)17/h2-12H,13H2,1H3. The highest BCUT2D eigenvalue weighted by atomic mass is 79.9. The molecule has 0 aliphatic carbocycles. The fourth-order valence-electron chi connectivity index (χ4n) is 3.14. The number of halogens is 1. The molecule has 0 fully saturated rings. The van der Waals surface area contributed by atoms with E-state index in [1.807, 2.05) is 18.2 Å². The van der Waals surface area contributed by atoms with Gasteiger partial charge in [0.05, 0.1) is 5.71 Å². The maximum atomic E-state index is 5.85. The zero-order valence-electron chi connectivity index (χ0n) is 12.8. The van der Waals surface area contributed by atoms with Crippen LogP contribution in [0.4, 0.5) is 0 Å². The summed E-state index contributed by atoms with van der Waals surface area (Å²) >= 11 is 3.63. The van der Waals surface area contributed by atoms with Gasteiger partial charge in [0.25, 0.3) is 0 Å².